The Morgan fingerprint density at radius 1 is 1.15 bits per heavy atom. The normalized spacial score (nSPS) is 11.8. The van der Waals surface area contributed by atoms with Crippen LogP contribution < -0.4 is 16.8 Å². The predicted octanol–water partition coefficient (Wildman–Crippen LogP) is 2.78. The van der Waals surface area contributed by atoms with Crippen molar-refractivity contribution >= 4 is 28.7 Å². The first-order chi connectivity index (χ1) is 9.47. The van der Waals surface area contributed by atoms with Crippen molar-refractivity contribution in [3.05, 3.63) is 48.0 Å². The van der Waals surface area contributed by atoms with Crippen LogP contribution in [0.1, 0.15) is 18.4 Å². The molecule has 0 bridgehead atoms. The number of nitrogen functional groups attached to an aromatic ring is 2. The third kappa shape index (κ3) is 3.00. The Labute approximate surface area is 117 Å². The monoisotopic (exact) mass is 271 g/mol. The summed E-state index contributed by atoms with van der Waals surface area (Å²) in [6.45, 7) is 1.64. The summed E-state index contributed by atoms with van der Waals surface area (Å²) in [4.78, 5) is 11.0. The smallest absolute Gasteiger partial charge is 0.310 e. The van der Waals surface area contributed by atoms with Crippen LogP contribution in [0, 0.1) is 0 Å². The molecule has 0 saturated heterocycles. The molecular weight excluding hydrogens is 254 g/mol. The zero-order valence-corrected chi connectivity index (χ0v) is 11.1. The zero-order valence-electron chi connectivity index (χ0n) is 11.1. The number of nitrogens with one attached hydrogen (secondary N) is 1. The molecule has 0 aliphatic carbocycles. The topological polar surface area (TPSA) is 101 Å². The van der Waals surface area contributed by atoms with Gasteiger partial charge in [0.2, 0.25) is 0 Å². The van der Waals surface area contributed by atoms with E-state index >= 15 is 0 Å². The molecule has 0 aliphatic rings. The van der Waals surface area contributed by atoms with Gasteiger partial charge in [-0.1, -0.05) is 6.07 Å². The van der Waals surface area contributed by atoms with Gasteiger partial charge in [0, 0.05) is 11.4 Å². The summed E-state index contributed by atoms with van der Waals surface area (Å²) in [7, 11) is 0. The Balaban J connectivity index is 2.29. The highest BCUT2D eigenvalue weighted by Crippen LogP contribution is 2.28. The molecule has 2 aromatic rings. The maximum atomic E-state index is 11.0. The largest absolute Gasteiger partial charge is 0.481 e. The molecule has 104 valence electrons. The lowest BCUT2D eigenvalue weighted by Crippen LogP contribution is -2.08. The summed E-state index contributed by atoms with van der Waals surface area (Å²) < 4.78 is 0. The van der Waals surface area contributed by atoms with Gasteiger partial charge in [0.25, 0.3) is 0 Å². The van der Waals surface area contributed by atoms with Gasteiger partial charge in [-0.05, 0) is 48.9 Å². The summed E-state index contributed by atoms with van der Waals surface area (Å²) in [5, 5.41) is 12.2. The van der Waals surface area contributed by atoms with Crippen LogP contribution >= 0.6 is 0 Å². The summed E-state index contributed by atoms with van der Waals surface area (Å²) >= 11 is 0. The van der Waals surface area contributed by atoms with E-state index in [4.69, 9.17) is 16.6 Å². The van der Waals surface area contributed by atoms with Crippen LogP contribution in [0.25, 0.3) is 0 Å². The van der Waals surface area contributed by atoms with E-state index in [1.165, 1.54) is 0 Å². The summed E-state index contributed by atoms with van der Waals surface area (Å²) in [5.41, 5.74) is 15.0. The van der Waals surface area contributed by atoms with Crippen molar-refractivity contribution < 1.29 is 9.90 Å². The first-order valence-electron chi connectivity index (χ1n) is 6.22. The minimum absolute atomic E-state index is 0.558. The summed E-state index contributed by atoms with van der Waals surface area (Å²) in [6, 6.07) is 12.4. The van der Waals surface area contributed by atoms with E-state index in [0.29, 0.717) is 22.6 Å². The van der Waals surface area contributed by atoms with Crippen LogP contribution in [-0.2, 0) is 4.79 Å². The van der Waals surface area contributed by atoms with Gasteiger partial charge in [0.1, 0.15) is 0 Å². The Bertz CT molecular complexity index is 624. The van der Waals surface area contributed by atoms with Crippen LogP contribution in [0.15, 0.2) is 42.5 Å². The molecule has 0 spiro atoms. The number of anilines is 4. The van der Waals surface area contributed by atoms with Crippen LogP contribution in [-0.4, -0.2) is 11.1 Å². The van der Waals surface area contributed by atoms with Gasteiger partial charge in [-0.15, -0.1) is 0 Å². The number of carbonyl (C=O) groups is 1. The Morgan fingerprint density at radius 3 is 2.40 bits per heavy atom. The van der Waals surface area contributed by atoms with Crippen molar-refractivity contribution in [3.63, 3.8) is 0 Å². The van der Waals surface area contributed by atoms with Crippen molar-refractivity contribution in [3.8, 4) is 0 Å². The number of benzene rings is 2. The average molecular weight is 271 g/mol. The lowest BCUT2D eigenvalue weighted by atomic mass is 10.0. The van der Waals surface area contributed by atoms with Gasteiger partial charge in [-0.2, -0.15) is 0 Å². The molecule has 5 heteroatoms. The van der Waals surface area contributed by atoms with Crippen LogP contribution in [0.2, 0.25) is 0 Å². The predicted molar refractivity (Wildman–Crippen MR) is 81.0 cm³/mol. The maximum Gasteiger partial charge on any atom is 0.310 e. The second-order valence-electron chi connectivity index (χ2n) is 4.65. The molecule has 0 fully saturated rings. The number of carboxylic acid groups (broad SMARTS) is 1. The van der Waals surface area contributed by atoms with E-state index in [1.807, 2.05) is 12.1 Å². The summed E-state index contributed by atoms with van der Waals surface area (Å²) in [5.74, 6) is -1.45. The standard InChI is InChI=1S/C15H17N3O2/c1-9(15(19)20)10-2-7-13(17)14(8-10)18-12-5-3-11(16)4-6-12/h2-9,18H,16-17H2,1H3,(H,19,20). The number of hydrogen-bond acceptors (Lipinski definition) is 4. The minimum Gasteiger partial charge on any atom is -0.481 e. The third-order valence-corrected chi connectivity index (χ3v) is 3.14. The van der Waals surface area contributed by atoms with Gasteiger partial charge in [-0.3, -0.25) is 4.79 Å². The molecule has 0 amide bonds. The molecule has 5 nitrogen and oxygen atoms in total. The third-order valence-electron chi connectivity index (χ3n) is 3.14. The summed E-state index contributed by atoms with van der Waals surface area (Å²) in [6.07, 6.45) is 0. The molecule has 6 N–H and O–H groups in total. The van der Waals surface area contributed by atoms with Crippen molar-refractivity contribution in [1.82, 2.24) is 0 Å². The molecule has 2 rings (SSSR count). The average Bonchev–Trinajstić information content (AvgIpc) is 2.43. The van der Waals surface area contributed by atoms with Crippen molar-refractivity contribution in [2.45, 2.75) is 12.8 Å². The van der Waals surface area contributed by atoms with Gasteiger partial charge in [0.05, 0.1) is 17.3 Å². The van der Waals surface area contributed by atoms with Crippen LogP contribution in [0.5, 0.6) is 0 Å². The van der Waals surface area contributed by atoms with Crippen LogP contribution in [0.4, 0.5) is 22.7 Å². The van der Waals surface area contributed by atoms with E-state index in [9.17, 15) is 4.79 Å². The van der Waals surface area contributed by atoms with E-state index < -0.39 is 11.9 Å². The van der Waals surface area contributed by atoms with Gasteiger partial charge in [0.15, 0.2) is 0 Å². The van der Waals surface area contributed by atoms with Gasteiger partial charge < -0.3 is 21.9 Å². The highest BCUT2D eigenvalue weighted by Gasteiger charge is 2.14. The van der Waals surface area contributed by atoms with E-state index in [0.717, 1.165) is 5.69 Å². The minimum atomic E-state index is -0.867. The fourth-order valence-electron chi connectivity index (χ4n) is 1.82. The molecule has 20 heavy (non-hydrogen) atoms. The Kier molecular flexibility index (Phi) is 3.79. The van der Waals surface area contributed by atoms with Crippen molar-refractivity contribution in [1.29, 1.82) is 0 Å². The highest BCUT2D eigenvalue weighted by atomic mass is 16.4. The molecular formula is C15H17N3O2. The van der Waals surface area contributed by atoms with E-state index in [2.05, 4.69) is 5.32 Å². The first-order valence-corrected chi connectivity index (χ1v) is 6.22. The molecule has 1 atom stereocenters. The zero-order chi connectivity index (χ0) is 14.7. The van der Waals surface area contributed by atoms with Crippen LogP contribution in [0.3, 0.4) is 0 Å². The number of nitrogens with two attached hydrogens (primary N) is 2. The number of aliphatic carboxylic acids is 1. The van der Waals surface area contributed by atoms with Crippen molar-refractivity contribution in [2.24, 2.45) is 0 Å². The fourth-order valence-corrected chi connectivity index (χ4v) is 1.82. The molecule has 0 aliphatic heterocycles. The Morgan fingerprint density at radius 2 is 1.80 bits per heavy atom. The number of rotatable bonds is 4. The van der Waals surface area contributed by atoms with Gasteiger partial charge >= 0.3 is 5.97 Å². The molecule has 2 aromatic carbocycles. The second kappa shape index (κ2) is 5.52. The van der Waals surface area contributed by atoms with Crippen molar-refractivity contribution in [2.75, 3.05) is 16.8 Å². The molecule has 0 saturated carbocycles. The Hall–Kier alpha value is -2.69. The SMILES string of the molecule is CC(C(=O)O)c1ccc(N)c(Nc2ccc(N)cc2)c1. The maximum absolute atomic E-state index is 11.0. The molecule has 0 radical (unpaired) electrons. The van der Waals surface area contributed by atoms with E-state index in [1.54, 1.807) is 37.3 Å². The van der Waals surface area contributed by atoms with E-state index in [-0.39, 0.29) is 0 Å². The second-order valence-corrected chi connectivity index (χ2v) is 4.65. The number of carboxylic acids is 1. The van der Waals surface area contributed by atoms with Gasteiger partial charge in [-0.25, -0.2) is 0 Å². The lowest BCUT2D eigenvalue weighted by molar-refractivity contribution is -0.138. The lowest BCUT2D eigenvalue weighted by Gasteiger charge is -2.13. The fraction of sp³-hybridized carbons (Fsp3) is 0.133. The molecule has 1 unspecified atom stereocenters. The molecule has 0 heterocycles. The number of hydrogen-bond donors (Lipinski definition) is 4. The quantitative estimate of drug-likeness (QED) is 0.640. The highest BCUT2D eigenvalue weighted by molar-refractivity contribution is 5.79. The first kappa shape index (κ1) is 13.7. The molecule has 0 aromatic heterocycles.